The van der Waals surface area contributed by atoms with Crippen molar-refractivity contribution in [1.82, 2.24) is 9.97 Å². The molecular formula is C20H23Cl2N3O. The molecule has 0 unspecified atom stereocenters. The molecule has 1 aromatic heterocycles. The summed E-state index contributed by atoms with van der Waals surface area (Å²) in [5.41, 5.74) is 3.28. The standard InChI is InChI=1S/C20H23Cl2N3O/c21-16-10-5-12(11-17(16)22)19-24-18-4-2-1-3-15(18)20(25-19)23-13-6-8-14(26)9-7-13/h5,10-11,13-14,26H,1-4,6-9H2,(H,23,24,25)/t13-,14-. The van der Waals surface area contributed by atoms with Crippen LogP contribution < -0.4 is 5.32 Å². The summed E-state index contributed by atoms with van der Waals surface area (Å²) in [7, 11) is 0. The molecule has 0 saturated heterocycles. The molecule has 138 valence electrons. The summed E-state index contributed by atoms with van der Waals surface area (Å²) in [6.07, 6.45) is 7.86. The maximum Gasteiger partial charge on any atom is 0.161 e. The van der Waals surface area contributed by atoms with Crippen LogP contribution >= 0.6 is 23.2 Å². The average Bonchev–Trinajstić information content (AvgIpc) is 2.66. The van der Waals surface area contributed by atoms with Crippen molar-refractivity contribution in [3.05, 3.63) is 39.5 Å². The van der Waals surface area contributed by atoms with Gasteiger partial charge in [0.25, 0.3) is 0 Å². The molecule has 1 fully saturated rings. The van der Waals surface area contributed by atoms with Crippen LogP contribution in [0.5, 0.6) is 0 Å². The van der Waals surface area contributed by atoms with Crippen LogP contribution in [0.15, 0.2) is 18.2 Å². The number of hydrogen-bond donors (Lipinski definition) is 2. The van der Waals surface area contributed by atoms with Crippen LogP contribution in [0.1, 0.15) is 49.8 Å². The number of aliphatic hydroxyl groups excluding tert-OH is 1. The Bertz CT molecular complexity index is 804. The number of fused-ring (bicyclic) bond motifs is 1. The monoisotopic (exact) mass is 391 g/mol. The fourth-order valence-corrected chi connectivity index (χ4v) is 4.19. The molecule has 0 bridgehead atoms. The summed E-state index contributed by atoms with van der Waals surface area (Å²) in [5.74, 6) is 1.65. The molecule has 2 N–H and O–H groups in total. The lowest BCUT2D eigenvalue weighted by atomic mass is 9.92. The summed E-state index contributed by atoms with van der Waals surface area (Å²) in [6.45, 7) is 0. The largest absolute Gasteiger partial charge is 0.393 e. The quantitative estimate of drug-likeness (QED) is 0.768. The highest BCUT2D eigenvalue weighted by Gasteiger charge is 2.23. The number of aromatic nitrogens is 2. The Morgan fingerprint density at radius 1 is 0.962 bits per heavy atom. The van der Waals surface area contributed by atoms with Gasteiger partial charge >= 0.3 is 0 Å². The third-order valence-corrected chi connectivity index (χ3v) is 6.14. The Kier molecular flexibility index (Phi) is 5.35. The van der Waals surface area contributed by atoms with Gasteiger partial charge in [0, 0.05) is 22.9 Å². The molecule has 0 aliphatic heterocycles. The van der Waals surface area contributed by atoms with Gasteiger partial charge in [0.2, 0.25) is 0 Å². The molecule has 1 saturated carbocycles. The van der Waals surface area contributed by atoms with E-state index >= 15 is 0 Å². The maximum atomic E-state index is 9.75. The number of hydrogen-bond acceptors (Lipinski definition) is 4. The first-order valence-corrected chi connectivity index (χ1v) is 10.2. The first kappa shape index (κ1) is 18.0. The van der Waals surface area contributed by atoms with Gasteiger partial charge in [-0.25, -0.2) is 9.97 Å². The molecule has 0 atom stereocenters. The van der Waals surface area contributed by atoms with Gasteiger partial charge in [0.05, 0.1) is 16.1 Å². The van der Waals surface area contributed by atoms with Gasteiger partial charge in [0.1, 0.15) is 5.82 Å². The first-order chi connectivity index (χ1) is 12.6. The molecule has 0 amide bonds. The summed E-state index contributed by atoms with van der Waals surface area (Å²) in [4.78, 5) is 9.68. The number of nitrogens with one attached hydrogen (secondary N) is 1. The van der Waals surface area contributed by atoms with Crippen LogP contribution in [0, 0.1) is 0 Å². The van der Waals surface area contributed by atoms with E-state index in [1.54, 1.807) is 6.07 Å². The zero-order chi connectivity index (χ0) is 18.1. The second kappa shape index (κ2) is 7.71. The van der Waals surface area contributed by atoms with Crippen LogP contribution in [0.3, 0.4) is 0 Å². The number of rotatable bonds is 3. The Hall–Kier alpha value is -1.36. The minimum atomic E-state index is -0.154. The van der Waals surface area contributed by atoms with Crippen LogP contribution in [-0.4, -0.2) is 27.2 Å². The van der Waals surface area contributed by atoms with E-state index in [0.717, 1.165) is 55.6 Å². The van der Waals surface area contributed by atoms with Gasteiger partial charge in [-0.2, -0.15) is 0 Å². The minimum Gasteiger partial charge on any atom is -0.393 e. The number of benzene rings is 1. The molecule has 0 radical (unpaired) electrons. The zero-order valence-electron chi connectivity index (χ0n) is 14.6. The van der Waals surface area contributed by atoms with Gasteiger partial charge in [-0.1, -0.05) is 23.2 Å². The number of anilines is 1. The van der Waals surface area contributed by atoms with E-state index in [4.69, 9.17) is 33.2 Å². The normalized spacial score (nSPS) is 22.7. The molecule has 0 spiro atoms. The van der Waals surface area contributed by atoms with Gasteiger partial charge in [-0.15, -0.1) is 0 Å². The minimum absolute atomic E-state index is 0.154. The Labute approximate surface area is 164 Å². The molecule has 4 rings (SSSR count). The number of halogens is 2. The summed E-state index contributed by atoms with van der Waals surface area (Å²) < 4.78 is 0. The lowest BCUT2D eigenvalue weighted by Crippen LogP contribution is -2.29. The van der Waals surface area contributed by atoms with Crippen molar-refractivity contribution in [3.8, 4) is 11.4 Å². The Morgan fingerprint density at radius 2 is 1.73 bits per heavy atom. The molecule has 6 heteroatoms. The third kappa shape index (κ3) is 3.83. The SMILES string of the molecule is O[C@H]1CC[C@H](Nc2nc(-c3ccc(Cl)c(Cl)c3)nc3c2CCCC3)CC1. The fraction of sp³-hybridized carbons (Fsp3) is 0.500. The second-order valence-electron chi connectivity index (χ2n) is 7.31. The lowest BCUT2D eigenvalue weighted by molar-refractivity contribution is 0.126. The molecule has 26 heavy (non-hydrogen) atoms. The van der Waals surface area contributed by atoms with Crippen molar-refractivity contribution < 1.29 is 5.11 Å². The lowest BCUT2D eigenvalue weighted by Gasteiger charge is -2.28. The zero-order valence-corrected chi connectivity index (χ0v) is 16.2. The fourth-order valence-electron chi connectivity index (χ4n) is 3.89. The average molecular weight is 392 g/mol. The van der Waals surface area contributed by atoms with E-state index in [2.05, 4.69) is 5.32 Å². The van der Waals surface area contributed by atoms with Crippen LogP contribution in [0.2, 0.25) is 10.0 Å². The summed E-state index contributed by atoms with van der Waals surface area (Å²) in [5, 5.41) is 14.4. The van der Waals surface area contributed by atoms with Crippen molar-refractivity contribution in [3.63, 3.8) is 0 Å². The second-order valence-corrected chi connectivity index (χ2v) is 8.12. The maximum absolute atomic E-state index is 9.75. The highest BCUT2D eigenvalue weighted by Crippen LogP contribution is 2.32. The third-order valence-electron chi connectivity index (χ3n) is 5.40. The molecule has 1 aromatic carbocycles. The van der Waals surface area contributed by atoms with Crippen LogP contribution in [0.4, 0.5) is 5.82 Å². The van der Waals surface area contributed by atoms with Gasteiger partial charge in [-0.05, 0) is 69.6 Å². The van der Waals surface area contributed by atoms with E-state index < -0.39 is 0 Å². The molecule has 2 aliphatic rings. The predicted molar refractivity (Wildman–Crippen MR) is 106 cm³/mol. The van der Waals surface area contributed by atoms with Crippen molar-refractivity contribution in [2.45, 2.75) is 63.5 Å². The summed E-state index contributed by atoms with van der Waals surface area (Å²) in [6, 6.07) is 5.90. The number of aliphatic hydroxyl groups is 1. The van der Waals surface area contributed by atoms with Crippen LogP contribution in [-0.2, 0) is 12.8 Å². The van der Waals surface area contributed by atoms with Gasteiger partial charge in [-0.3, -0.25) is 0 Å². The van der Waals surface area contributed by atoms with Crippen LogP contribution in [0.25, 0.3) is 11.4 Å². The number of aryl methyl sites for hydroxylation is 1. The molecular weight excluding hydrogens is 369 g/mol. The van der Waals surface area contributed by atoms with Crippen molar-refractivity contribution >= 4 is 29.0 Å². The van der Waals surface area contributed by atoms with E-state index in [0.29, 0.717) is 21.9 Å². The van der Waals surface area contributed by atoms with E-state index in [9.17, 15) is 5.11 Å². The highest BCUT2D eigenvalue weighted by atomic mass is 35.5. The predicted octanol–water partition coefficient (Wildman–Crippen LogP) is 5.04. The Balaban J connectivity index is 1.68. The van der Waals surface area contributed by atoms with E-state index in [1.165, 1.54) is 18.4 Å². The van der Waals surface area contributed by atoms with E-state index in [-0.39, 0.29) is 6.10 Å². The van der Waals surface area contributed by atoms with E-state index in [1.807, 2.05) is 12.1 Å². The molecule has 2 aliphatic carbocycles. The molecule has 1 heterocycles. The smallest absolute Gasteiger partial charge is 0.161 e. The highest BCUT2D eigenvalue weighted by molar-refractivity contribution is 6.42. The van der Waals surface area contributed by atoms with Crippen molar-refractivity contribution in [1.29, 1.82) is 0 Å². The summed E-state index contributed by atoms with van der Waals surface area (Å²) >= 11 is 12.2. The molecule has 4 nitrogen and oxygen atoms in total. The van der Waals surface area contributed by atoms with Crippen molar-refractivity contribution in [2.24, 2.45) is 0 Å². The van der Waals surface area contributed by atoms with Crippen molar-refractivity contribution in [2.75, 3.05) is 5.32 Å². The topological polar surface area (TPSA) is 58.0 Å². The van der Waals surface area contributed by atoms with Gasteiger partial charge in [0.15, 0.2) is 5.82 Å². The first-order valence-electron chi connectivity index (χ1n) is 9.40. The molecule has 2 aromatic rings. The number of nitrogens with zero attached hydrogens (tertiary/aromatic N) is 2. The Morgan fingerprint density at radius 3 is 2.50 bits per heavy atom. The van der Waals surface area contributed by atoms with Gasteiger partial charge < -0.3 is 10.4 Å².